The summed E-state index contributed by atoms with van der Waals surface area (Å²) in [6.45, 7) is 4.31. The summed E-state index contributed by atoms with van der Waals surface area (Å²) in [5.41, 5.74) is 1.20. The zero-order valence-corrected chi connectivity index (χ0v) is 11.0. The van der Waals surface area contributed by atoms with Crippen molar-refractivity contribution in [2.24, 2.45) is 0 Å². The summed E-state index contributed by atoms with van der Waals surface area (Å²) < 4.78 is 5.15. The van der Waals surface area contributed by atoms with Gasteiger partial charge < -0.3 is 15.0 Å². The van der Waals surface area contributed by atoms with Gasteiger partial charge in [-0.15, -0.1) is 0 Å². The Morgan fingerprint density at radius 3 is 2.78 bits per heavy atom. The van der Waals surface area contributed by atoms with E-state index in [4.69, 9.17) is 4.74 Å². The average Bonchev–Trinajstić information content (AvgIpc) is 2.46. The average molecular weight is 248 g/mol. The van der Waals surface area contributed by atoms with Crippen LogP contribution >= 0.6 is 0 Å². The molecule has 1 atom stereocenters. The lowest BCUT2D eigenvalue weighted by Gasteiger charge is -2.34. The maximum absolute atomic E-state index is 11.7. The number of piperazine rings is 1. The number of hydrogen-bond donors (Lipinski definition) is 1. The van der Waals surface area contributed by atoms with Crippen molar-refractivity contribution in [1.29, 1.82) is 0 Å². The Hall–Kier alpha value is -1.55. The maximum Gasteiger partial charge on any atom is 0.222 e. The smallest absolute Gasteiger partial charge is 0.222 e. The summed E-state index contributed by atoms with van der Waals surface area (Å²) in [7, 11) is 1.66. The molecule has 98 valence electrons. The van der Waals surface area contributed by atoms with Crippen molar-refractivity contribution in [2.75, 3.05) is 26.7 Å². The molecule has 1 amide bonds. The molecule has 4 nitrogen and oxygen atoms in total. The number of benzene rings is 1. The van der Waals surface area contributed by atoms with Crippen molar-refractivity contribution in [3.63, 3.8) is 0 Å². The number of rotatable bonds is 3. The molecule has 0 saturated carbocycles. The third-order valence-corrected chi connectivity index (χ3v) is 3.35. The molecule has 0 aliphatic carbocycles. The van der Waals surface area contributed by atoms with Crippen molar-refractivity contribution in [3.8, 4) is 5.75 Å². The van der Waals surface area contributed by atoms with E-state index in [9.17, 15) is 4.79 Å². The van der Waals surface area contributed by atoms with Crippen LogP contribution in [0.15, 0.2) is 24.3 Å². The van der Waals surface area contributed by atoms with Crippen LogP contribution in [0.5, 0.6) is 5.75 Å². The van der Waals surface area contributed by atoms with Gasteiger partial charge in [-0.2, -0.15) is 0 Å². The second-order valence-electron chi connectivity index (χ2n) is 4.47. The van der Waals surface area contributed by atoms with Crippen LogP contribution in [0.1, 0.15) is 24.9 Å². The highest BCUT2D eigenvalue weighted by Gasteiger charge is 2.23. The highest BCUT2D eigenvalue weighted by molar-refractivity contribution is 5.76. The molecule has 0 radical (unpaired) electrons. The van der Waals surface area contributed by atoms with E-state index < -0.39 is 0 Å². The molecule has 1 saturated heterocycles. The van der Waals surface area contributed by atoms with Crippen LogP contribution in [-0.4, -0.2) is 37.6 Å². The Balaban J connectivity index is 2.05. The van der Waals surface area contributed by atoms with Crippen molar-refractivity contribution in [2.45, 2.75) is 19.4 Å². The first-order valence-electron chi connectivity index (χ1n) is 6.39. The molecule has 1 heterocycles. The molecule has 1 unspecified atom stereocenters. The molecule has 1 aromatic carbocycles. The van der Waals surface area contributed by atoms with Crippen LogP contribution < -0.4 is 10.1 Å². The minimum atomic E-state index is 0.222. The molecule has 2 rings (SSSR count). The van der Waals surface area contributed by atoms with Crippen molar-refractivity contribution in [1.82, 2.24) is 10.2 Å². The first kappa shape index (κ1) is 12.9. The molecular formula is C14H20N2O2. The molecule has 4 heteroatoms. The molecule has 1 aliphatic rings. The van der Waals surface area contributed by atoms with Gasteiger partial charge in [-0.25, -0.2) is 0 Å². The van der Waals surface area contributed by atoms with Gasteiger partial charge in [0, 0.05) is 32.1 Å². The molecule has 1 N–H and O–H groups in total. The number of hydrogen-bond acceptors (Lipinski definition) is 3. The maximum atomic E-state index is 11.7. The van der Waals surface area contributed by atoms with Crippen molar-refractivity contribution in [3.05, 3.63) is 29.8 Å². The highest BCUT2D eigenvalue weighted by Crippen LogP contribution is 2.20. The van der Waals surface area contributed by atoms with E-state index in [0.717, 1.165) is 25.4 Å². The quantitative estimate of drug-likeness (QED) is 0.883. The minimum Gasteiger partial charge on any atom is -0.497 e. The Labute approximate surface area is 108 Å². The standard InChI is InChI=1S/C14H20N2O2/c1-3-14(17)16-9-8-15-13(10-16)11-4-6-12(18-2)7-5-11/h4-7,13,15H,3,8-10H2,1-2H3. The Bertz CT molecular complexity index is 403. The Kier molecular flexibility index (Phi) is 4.20. The SMILES string of the molecule is CCC(=O)N1CCNC(c2ccc(OC)cc2)C1. The monoisotopic (exact) mass is 248 g/mol. The van der Waals surface area contributed by atoms with E-state index in [1.807, 2.05) is 24.0 Å². The summed E-state index contributed by atoms with van der Waals surface area (Å²) in [6.07, 6.45) is 0.579. The largest absolute Gasteiger partial charge is 0.497 e. The van der Waals surface area contributed by atoms with Gasteiger partial charge in [-0.05, 0) is 17.7 Å². The Morgan fingerprint density at radius 1 is 1.44 bits per heavy atom. The second-order valence-corrected chi connectivity index (χ2v) is 4.47. The number of nitrogens with zero attached hydrogens (tertiary/aromatic N) is 1. The van der Waals surface area contributed by atoms with Crippen LogP contribution in [0.3, 0.4) is 0 Å². The van der Waals surface area contributed by atoms with Gasteiger partial charge in [0.25, 0.3) is 0 Å². The summed E-state index contributed by atoms with van der Waals surface area (Å²) in [4.78, 5) is 13.7. The molecule has 0 bridgehead atoms. The number of carbonyl (C=O) groups is 1. The highest BCUT2D eigenvalue weighted by atomic mass is 16.5. The Morgan fingerprint density at radius 2 is 2.17 bits per heavy atom. The van der Waals surface area contributed by atoms with Crippen LogP contribution in [-0.2, 0) is 4.79 Å². The van der Waals surface area contributed by atoms with Gasteiger partial charge in [0.05, 0.1) is 7.11 Å². The van der Waals surface area contributed by atoms with Crippen molar-refractivity contribution >= 4 is 5.91 Å². The van der Waals surface area contributed by atoms with Gasteiger partial charge in [0.2, 0.25) is 5.91 Å². The minimum absolute atomic E-state index is 0.222. The predicted molar refractivity (Wildman–Crippen MR) is 70.6 cm³/mol. The van der Waals surface area contributed by atoms with Crippen molar-refractivity contribution < 1.29 is 9.53 Å². The lowest BCUT2D eigenvalue weighted by Crippen LogP contribution is -2.48. The van der Waals surface area contributed by atoms with E-state index in [2.05, 4.69) is 17.4 Å². The molecule has 0 spiro atoms. The number of amides is 1. The molecule has 18 heavy (non-hydrogen) atoms. The topological polar surface area (TPSA) is 41.6 Å². The third-order valence-electron chi connectivity index (χ3n) is 3.35. The van der Waals surface area contributed by atoms with Gasteiger partial charge in [-0.1, -0.05) is 19.1 Å². The summed E-state index contributed by atoms with van der Waals surface area (Å²) >= 11 is 0. The molecular weight excluding hydrogens is 228 g/mol. The normalized spacial score (nSPS) is 19.7. The summed E-state index contributed by atoms with van der Waals surface area (Å²) in [5.74, 6) is 1.09. The number of methoxy groups -OCH3 is 1. The van der Waals surface area contributed by atoms with E-state index >= 15 is 0 Å². The van der Waals surface area contributed by atoms with Gasteiger partial charge in [-0.3, -0.25) is 4.79 Å². The zero-order chi connectivity index (χ0) is 13.0. The van der Waals surface area contributed by atoms with E-state index in [1.165, 1.54) is 5.56 Å². The lowest BCUT2D eigenvalue weighted by molar-refractivity contribution is -0.132. The fourth-order valence-corrected chi connectivity index (χ4v) is 2.26. The van der Waals surface area contributed by atoms with E-state index in [-0.39, 0.29) is 11.9 Å². The fourth-order valence-electron chi connectivity index (χ4n) is 2.26. The summed E-state index contributed by atoms with van der Waals surface area (Å²) in [6, 6.07) is 8.24. The van der Waals surface area contributed by atoms with Crippen LogP contribution in [0, 0.1) is 0 Å². The van der Waals surface area contributed by atoms with E-state index in [0.29, 0.717) is 6.42 Å². The second kappa shape index (κ2) is 5.87. The van der Waals surface area contributed by atoms with Crippen LogP contribution in [0.25, 0.3) is 0 Å². The molecule has 1 aliphatic heterocycles. The number of ether oxygens (including phenoxy) is 1. The first-order valence-corrected chi connectivity index (χ1v) is 6.39. The van der Waals surface area contributed by atoms with Gasteiger partial charge in [0.15, 0.2) is 0 Å². The zero-order valence-electron chi connectivity index (χ0n) is 11.0. The molecule has 1 aromatic rings. The predicted octanol–water partition coefficient (Wildman–Crippen LogP) is 1.58. The number of nitrogens with one attached hydrogen (secondary N) is 1. The van der Waals surface area contributed by atoms with Crippen LogP contribution in [0.4, 0.5) is 0 Å². The number of carbonyl (C=O) groups excluding carboxylic acids is 1. The van der Waals surface area contributed by atoms with Gasteiger partial charge in [0.1, 0.15) is 5.75 Å². The third kappa shape index (κ3) is 2.82. The summed E-state index contributed by atoms with van der Waals surface area (Å²) in [5, 5.41) is 3.45. The molecule has 1 fully saturated rings. The van der Waals surface area contributed by atoms with Crippen LogP contribution in [0.2, 0.25) is 0 Å². The van der Waals surface area contributed by atoms with E-state index in [1.54, 1.807) is 7.11 Å². The molecule has 0 aromatic heterocycles. The fraction of sp³-hybridized carbons (Fsp3) is 0.500. The van der Waals surface area contributed by atoms with Gasteiger partial charge >= 0.3 is 0 Å². The lowest BCUT2D eigenvalue weighted by atomic mass is 10.0. The first-order chi connectivity index (χ1) is 8.74.